The lowest BCUT2D eigenvalue weighted by Crippen LogP contribution is -2.25. The molecule has 19 heavy (non-hydrogen) atoms. The summed E-state index contributed by atoms with van der Waals surface area (Å²) in [5.74, 6) is -0.493. The number of pyridine rings is 1. The molecule has 7 heteroatoms. The minimum atomic E-state index is -1.16. The molecule has 98 valence electrons. The first-order valence-electron chi connectivity index (χ1n) is 5.41. The van der Waals surface area contributed by atoms with Crippen LogP contribution in [0.2, 0.25) is 0 Å². The van der Waals surface area contributed by atoms with E-state index in [2.05, 4.69) is 15.0 Å². The number of hydrogen-bond donors (Lipinski definition) is 1. The topological polar surface area (TPSA) is 79.2 Å². The zero-order valence-electron chi connectivity index (χ0n) is 10.3. The molecule has 0 aliphatic heterocycles. The zero-order chi connectivity index (χ0) is 14.0. The monoisotopic (exact) mass is 262 g/mol. The molecular formula is C12H11FN4O2. The van der Waals surface area contributed by atoms with Crippen molar-refractivity contribution in [2.45, 2.75) is 6.92 Å². The SMILES string of the molecule is Cc1cc(-c2ccnc(N(C)C(=O)O)n2)cnc1F. The van der Waals surface area contributed by atoms with Crippen molar-refractivity contribution in [2.24, 2.45) is 0 Å². The predicted octanol–water partition coefficient (Wildman–Crippen LogP) is 2.10. The van der Waals surface area contributed by atoms with Gasteiger partial charge in [-0.3, -0.25) is 0 Å². The van der Waals surface area contributed by atoms with Crippen molar-refractivity contribution < 1.29 is 14.3 Å². The molecule has 0 bridgehead atoms. The highest BCUT2D eigenvalue weighted by molar-refractivity contribution is 5.83. The summed E-state index contributed by atoms with van der Waals surface area (Å²) in [6, 6.07) is 3.20. The van der Waals surface area contributed by atoms with Gasteiger partial charge in [-0.15, -0.1) is 0 Å². The molecule has 6 nitrogen and oxygen atoms in total. The fourth-order valence-corrected chi connectivity index (χ4v) is 1.45. The highest BCUT2D eigenvalue weighted by Gasteiger charge is 2.13. The fourth-order valence-electron chi connectivity index (χ4n) is 1.45. The molecule has 2 aromatic heterocycles. The number of carbonyl (C=O) groups is 1. The first-order valence-corrected chi connectivity index (χ1v) is 5.41. The molecular weight excluding hydrogens is 251 g/mol. The normalized spacial score (nSPS) is 10.3. The minimum absolute atomic E-state index is 0.0481. The summed E-state index contributed by atoms with van der Waals surface area (Å²) in [5, 5.41) is 8.86. The van der Waals surface area contributed by atoms with Gasteiger partial charge in [0.05, 0.1) is 5.69 Å². The smallest absolute Gasteiger partial charge is 0.413 e. The molecule has 0 aliphatic rings. The highest BCUT2D eigenvalue weighted by atomic mass is 19.1. The molecule has 0 fully saturated rings. The Balaban J connectivity index is 2.43. The van der Waals surface area contributed by atoms with Crippen molar-refractivity contribution >= 4 is 12.0 Å². The second kappa shape index (κ2) is 4.97. The molecule has 0 atom stereocenters. The number of aryl methyl sites for hydroxylation is 1. The van der Waals surface area contributed by atoms with Gasteiger partial charge in [0.15, 0.2) is 0 Å². The first kappa shape index (κ1) is 12.9. The number of rotatable bonds is 2. The lowest BCUT2D eigenvalue weighted by Gasteiger charge is -2.11. The number of anilines is 1. The van der Waals surface area contributed by atoms with Gasteiger partial charge in [-0.1, -0.05) is 0 Å². The van der Waals surface area contributed by atoms with Gasteiger partial charge in [-0.25, -0.2) is 24.6 Å². The Morgan fingerprint density at radius 1 is 1.42 bits per heavy atom. The van der Waals surface area contributed by atoms with Gasteiger partial charge < -0.3 is 5.11 Å². The van der Waals surface area contributed by atoms with Crippen LogP contribution in [0.15, 0.2) is 24.5 Å². The maximum absolute atomic E-state index is 13.1. The van der Waals surface area contributed by atoms with Crippen LogP contribution in [0.3, 0.4) is 0 Å². The second-order valence-electron chi connectivity index (χ2n) is 3.92. The molecule has 0 aromatic carbocycles. The van der Waals surface area contributed by atoms with Crippen LogP contribution in [0.1, 0.15) is 5.56 Å². The van der Waals surface area contributed by atoms with Crippen LogP contribution in [0.25, 0.3) is 11.3 Å². The average Bonchev–Trinajstić information content (AvgIpc) is 2.41. The van der Waals surface area contributed by atoms with Crippen LogP contribution in [-0.2, 0) is 0 Å². The van der Waals surface area contributed by atoms with Crippen molar-refractivity contribution in [1.82, 2.24) is 15.0 Å². The number of carboxylic acid groups (broad SMARTS) is 1. The third kappa shape index (κ3) is 2.65. The standard InChI is InChI=1S/C12H11FN4O2/c1-7-5-8(6-15-10(7)13)9-3-4-14-11(16-9)17(2)12(18)19/h3-6H,1-2H3,(H,18,19). The van der Waals surface area contributed by atoms with E-state index in [0.717, 1.165) is 4.90 Å². The van der Waals surface area contributed by atoms with Crippen LogP contribution in [-0.4, -0.2) is 33.2 Å². The van der Waals surface area contributed by atoms with E-state index in [1.807, 2.05) is 0 Å². The van der Waals surface area contributed by atoms with Gasteiger partial charge in [-0.05, 0) is 19.1 Å². The largest absolute Gasteiger partial charge is 0.465 e. The van der Waals surface area contributed by atoms with Gasteiger partial charge in [-0.2, -0.15) is 4.39 Å². The fraction of sp³-hybridized carbons (Fsp3) is 0.167. The van der Waals surface area contributed by atoms with Crippen LogP contribution in [0.5, 0.6) is 0 Å². The molecule has 0 spiro atoms. The van der Waals surface area contributed by atoms with Crippen molar-refractivity contribution in [1.29, 1.82) is 0 Å². The summed E-state index contributed by atoms with van der Waals surface area (Å²) in [5.41, 5.74) is 1.47. The lowest BCUT2D eigenvalue weighted by atomic mass is 10.1. The number of aromatic nitrogens is 3. The quantitative estimate of drug-likeness (QED) is 0.838. The van der Waals surface area contributed by atoms with E-state index in [0.29, 0.717) is 16.8 Å². The summed E-state index contributed by atoms with van der Waals surface area (Å²) in [7, 11) is 1.34. The zero-order valence-corrected chi connectivity index (χ0v) is 10.3. The van der Waals surface area contributed by atoms with Crippen molar-refractivity contribution in [3.05, 3.63) is 36.0 Å². The Kier molecular flexibility index (Phi) is 3.37. The average molecular weight is 262 g/mol. The summed E-state index contributed by atoms with van der Waals surface area (Å²) in [4.78, 5) is 23.3. The summed E-state index contributed by atoms with van der Waals surface area (Å²) in [6.07, 6.45) is 1.62. The van der Waals surface area contributed by atoms with E-state index in [4.69, 9.17) is 5.11 Å². The Morgan fingerprint density at radius 3 is 2.79 bits per heavy atom. The van der Waals surface area contributed by atoms with E-state index in [9.17, 15) is 9.18 Å². The van der Waals surface area contributed by atoms with Crippen LogP contribution >= 0.6 is 0 Å². The van der Waals surface area contributed by atoms with E-state index in [1.54, 1.807) is 19.1 Å². The van der Waals surface area contributed by atoms with Gasteiger partial charge in [0.1, 0.15) is 0 Å². The maximum atomic E-state index is 13.1. The molecule has 1 N–H and O–H groups in total. The summed E-state index contributed by atoms with van der Waals surface area (Å²) >= 11 is 0. The molecule has 0 saturated heterocycles. The molecule has 2 rings (SSSR count). The van der Waals surface area contributed by atoms with Gasteiger partial charge in [0.2, 0.25) is 11.9 Å². The van der Waals surface area contributed by atoms with Crippen molar-refractivity contribution in [3.8, 4) is 11.3 Å². The second-order valence-corrected chi connectivity index (χ2v) is 3.92. The third-order valence-electron chi connectivity index (χ3n) is 2.54. The number of halogens is 1. The maximum Gasteiger partial charge on any atom is 0.413 e. The Labute approximate surface area is 108 Å². The van der Waals surface area contributed by atoms with Crippen LogP contribution in [0.4, 0.5) is 15.1 Å². The van der Waals surface area contributed by atoms with Crippen LogP contribution in [0, 0.1) is 12.9 Å². The lowest BCUT2D eigenvalue weighted by molar-refractivity contribution is 0.203. The summed E-state index contributed by atoms with van der Waals surface area (Å²) < 4.78 is 13.1. The Morgan fingerprint density at radius 2 is 2.16 bits per heavy atom. The number of amides is 1. The predicted molar refractivity (Wildman–Crippen MR) is 66.4 cm³/mol. The molecule has 1 amide bonds. The Hall–Kier alpha value is -2.57. The van der Waals surface area contributed by atoms with Crippen molar-refractivity contribution in [3.63, 3.8) is 0 Å². The molecule has 2 aromatic rings. The van der Waals surface area contributed by atoms with E-state index >= 15 is 0 Å². The molecule has 0 radical (unpaired) electrons. The Bertz CT molecular complexity index is 633. The highest BCUT2D eigenvalue weighted by Crippen LogP contribution is 2.19. The minimum Gasteiger partial charge on any atom is -0.465 e. The van der Waals surface area contributed by atoms with E-state index in [-0.39, 0.29) is 5.95 Å². The number of nitrogens with zero attached hydrogens (tertiary/aromatic N) is 4. The molecule has 2 heterocycles. The van der Waals surface area contributed by atoms with Crippen molar-refractivity contribution in [2.75, 3.05) is 11.9 Å². The van der Waals surface area contributed by atoms with E-state index < -0.39 is 12.0 Å². The third-order valence-corrected chi connectivity index (χ3v) is 2.54. The van der Waals surface area contributed by atoms with Gasteiger partial charge >= 0.3 is 6.09 Å². The van der Waals surface area contributed by atoms with Crippen LogP contribution < -0.4 is 4.90 Å². The number of hydrogen-bond acceptors (Lipinski definition) is 4. The van der Waals surface area contributed by atoms with Gasteiger partial charge in [0.25, 0.3) is 0 Å². The van der Waals surface area contributed by atoms with E-state index in [1.165, 1.54) is 19.4 Å². The summed E-state index contributed by atoms with van der Waals surface area (Å²) in [6.45, 7) is 1.59. The van der Waals surface area contributed by atoms with Gasteiger partial charge in [0, 0.05) is 30.6 Å². The molecule has 0 aliphatic carbocycles. The molecule has 0 saturated carbocycles. The molecule has 0 unspecified atom stereocenters. The first-order chi connectivity index (χ1) is 8.99.